The van der Waals surface area contributed by atoms with Crippen LogP contribution in [0.25, 0.3) is 10.9 Å². The summed E-state index contributed by atoms with van der Waals surface area (Å²) in [5.41, 5.74) is 1.97. The van der Waals surface area contributed by atoms with Gasteiger partial charge in [0.05, 0.1) is 16.8 Å². The molecule has 30 heavy (non-hydrogen) atoms. The number of piperazine rings is 1. The van der Waals surface area contributed by atoms with Gasteiger partial charge >= 0.3 is 0 Å². The van der Waals surface area contributed by atoms with Crippen LogP contribution in [-0.2, 0) is 4.79 Å². The number of benzene rings is 1. The molecule has 1 aromatic heterocycles. The highest BCUT2D eigenvalue weighted by molar-refractivity contribution is 6.45. The topological polar surface area (TPSA) is 92.8 Å². The summed E-state index contributed by atoms with van der Waals surface area (Å²) in [6.45, 7) is 10.8. The summed E-state index contributed by atoms with van der Waals surface area (Å²) in [5, 5.41) is 7.36. The Morgan fingerprint density at radius 3 is 2.43 bits per heavy atom. The molecule has 1 aliphatic heterocycles. The van der Waals surface area contributed by atoms with Crippen molar-refractivity contribution in [1.82, 2.24) is 20.1 Å². The van der Waals surface area contributed by atoms with E-state index in [0.717, 1.165) is 29.7 Å². The van der Waals surface area contributed by atoms with Gasteiger partial charge in [-0.1, -0.05) is 12.1 Å². The molecule has 162 valence electrons. The van der Waals surface area contributed by atoms with Gasteiger partial charge in [0.2, 0.25) is 0 Å². The number of nitrogens with zero attached hydrogens (tertiary/aromatic N) is 3. The number of likely N-dealkylation sites (N-methyl/N-ethyl adjacent to an activating group) is 1. The summed E-state index contributed by atoms with van der Waals surface area (Å²) in [6, 6.07) is 6.00. The monoisotopic (exact) mass is 412 g/mol. The number of aliphatic imine (C=N–C) groups is 1. The Morgan fingerprint density at radius 2 is 1.80 bits per heavy atom. The number of amides is 1. The summed E-state index contributed by atoms with van der Waals surface area (Å²) in [4.78, 5) is 37.3. The predicted octanol–water partition coefficient (Wildman–Crippen LogP) is 2.30. The number of para-hydroxylation sites is 1. The van der Waals surface area contributed by atoms with Gasteiger partial charge in [0.25, 0.3) is 11.7 Å². The zero-order valence-electron chi connectivity index (χ0n) is 18.5. The van der Waals surface area contributed by atoms with E-state index in [1.54, 1.807) is 11.1 Å². The Kier molecular flexibility index (Phi) is 6.77. The van der Waals surface area contributed by atoms with Crippen molar-refractivity contribution in [3.8, 4) is 0 Å². The van der Waals surface area contributed by atoms with Crippen molar-refractivity contribution in [3.05, 3.63) is 30.0 Å². The molecule has 8 nitrogen and oxygen atoms in total. The van der Waals surface area contributed by atoms with Gasteiger partial charge in [-0.25, -0.2) is 0 Å². The quantitative estimate of drug-likeness (QED) is 0.303. The first-order chi connectivity index (χ1) is 14.3. The molecule has 2 aromatic rings. The van der Waals surface area contributed by atoms with Crippen LogP contribution in [0.5, 0.6) is 0 Å². The van der Waals surface area contributed by atoms with Crippen molar-refractivity contribution >= 4 is 34.2 Å². The van der Waals surface area contributed by atoms with E-state index in [9.17, 15) is 9.59 Å². The number of nitrogens with one attached hydrogen (secondary N) is 3. The van der Waals surface area contributed by atoms with Gasteiger partial charge in [-0.15, -0.1) is 0 Å². The number of H-pyrrole nitrogens is 1. The molecule has 3 rings (SSSR count). The highest BCUT2D eigenvalue weighted by Gasteiger charge is 2.27. The molecule has 1 aromatic carbocycles. The third-order valence-electron chi connectivity index (χ3n) is 5.01. The second-order valence-corrected chi connectivity index (χ2v) is 8.35. The molecule has 0 saturated carbocycles. The number of rotatable bonds is 5. The van der Waals surface area contributed by atoms with Crippen LogP contribution in [0.15, 0.2) is 29.4 Å². The molecule has 3 N–H and O–H groups in total. The van der Waals surface area contributed by atoms with E-state index in [4.69, 9.17) is 0 Å². The Hall–Kier alpha value is -2.87. The largest absolute Gasteiger partial charge is 0.359 e. The molecule has 0 bridgehead atoms. The van der Waals surface area contributed by atoms with Crippen molar-refractivity contribution in [1.29, 1.82) is 0 Å². The lowest BCUT2D eigenvalue weighted by molar-refractivity contribution is -0.127. The molecular weight excluding hydrogens is 380 g/mol. The van der Waals surface area contributed by atoms with Crippen molar-refractivity contribution < 1.29 is 9.59 Å². The van der Waals surface area contributed by atoms with Crippen molar-refractivity contribution in [2.45, 2.75) is 39.8 Å². The molecule has 1 fully saturated rings. The number of ketones is 1. The summed E-state index contributed by atoms with van der Waals surface area (Å²) >= 11 is 0. The number of Topliss-reactive ketones (excluding diaryl/α,β-unsaturated/α-hetero) is 1. The number of aromatic amines is 1. The number of carbonyl (C=O) groups is 2. The third-order valence-corrected chi connectivity index (χ3v) is 5.01. The summed E-state index contributed by atoms with van der Waals surface area (Å²) < 4.78 is 0. The van der Waals surface area contributed by atoms with Crippen LogP contribution in [-0.4, -0.2) is 77.7 Å². The minimum atomic E-state index is -0.473. The minimum absolute atomic E-state index is 0.125. The maximum atomic E-state index is 12.9. The fourth-order valence-corrected chi connectivity index (χ4v) is 3.48. The maximum Gasteiger partial charge on any atom is 0.295 e. The van der Waals surface area contributed by atoms with Crippen molar-refractivity contribution in [3.63, 3.8) is 0 Å². The number of hydrogen-bond donors (Lipinski definition) is 3. The molecule has 0 atom stereocenters. The number of anilines is 1. The van der Waals surface area contributed by atoms with Crippen LogP contribution in [0, 0.1) is 0 Å². The fraction of sp³-hybridized carbons (Fsp3) is 0.500. The number of carbonyl (C=O) groups excluding carboxylic acids is 2. The smallest absolute Gasteiger partial charge is 0.295 e. The molecule has 1 amide bonds. The SMILES string of the molecule is CC(C)N=C(Nc1cccc2c(C(=O)C(=O)N3CCN(C)CC3)c[nH]c12)NC(C)C. The number of hydrogen-bond acceptors (Lipinski definition) is 4. The van der Waals surface area contributed by atoms with Gasteiger partial charge in [-0.05, 0) is 40.8 Å². The van der Waals surface area contributed by atoms with Gasteiger partial charge in [-0.2, -0.15) is 0 Å². The van der Waals surface area contributed by atoms with E-state index in [0.29, 0.717) is 24.6 Å². The highest BCUT2D eigenvalue weighted by atomic mass is 16.2. The van der Waals surface area contributed by atoms with Gasteiger partial charge in [0, 0.05) is 49.8 Å². The lowest BCUT2D eigenvalue weighted by atomic mass is 10.1. The van der Waals surface area contributed by atoms with Crippen LogP contribution < -0.4 is 10.6 Å². The Morgan fingerprint density at radius 1 is 1.10 bits per heavy atom. The molecule has 0 radical (unpaired) electrons. The molecule has 8 heteroatoms. The summed E-state index contributed by atoms with van der Waals surface area (Å²) in [5.74, 6) is -0.242. The Bertz CT molecular complexity index is 938. The minimum Gasteiger partial charge on any atom is -0.359 e. The second-order valence-electron chi connectivity index (χ2n) is 8.35. The second kappa shape index (κ2) is 9.30. The maximum absolute atomic E-state index is 12.9. The molecule has 1 saturated heterocycles. The van der Waals surface area contributed by atoms with E-state index in [1.807, 2.05) is 52.9 Å². The van der Waals surface area contributed by atoms with Gasteiger partial charge in [0.15, 0.2) is 5.96 Å². The summed E-state index contributed by atoms with van der Waals surface area (Å²) in [6.07, 6.45) is 1.63. The highest BCUT2D eigenvalue weighted by Crippen LogP contribution is 2.26. The standard InChI is InChI=1S/C22H32N6O2/c1-14(2)24-22(25-15(3)4)26-18-8-6-7-16-17(13-23-19(16)18)20(29)21(30)28-11-9-27(5)10-12-28/h6-8,13-15,23H,9-12H2,1-5H3,(H2,24,25,26). The van der Waals surface area contributed by atoms with Crippen LogP contribution in [0.3, 0.4) is 0 Å². The molecule has 0 unspecified atom stereocenters. The zero-order valence-corrected chi connectivity index (χ0v) is 18.5. The third kappa shape index (κ3) is 4.99. The van der Waals surface area contributed by atoms with Gasteiger partial charge < -0.3 is 25.4 Å². The predicted molar refractivity (Wildman–Crippen MR) is 121 cm³/mol. The molecule has 0 aliphatic carbocycles. The average molecular weight is 413 g/mol. The first-order valence-electron chi connectivity index (χ1n) is 10.5. The van der Waals surface area contributed by atoms with E-state index in [-0.39, 0.29) is 12.1 Å². The normalized spacial score (nSPS) is 15.8. The fourth-order valence-electron chi connectivity index (χ4n) is 3.48. The van der Waals surface area contributed by atoms with E-state index in [1.165, 1.54) is 0 Å². The van der Waals surface area contributed by atoms with Crippen molar-refractivity contribution in [2.24, 2.45) is 4.99 Å². The van der Waals surface area contributed by atoms with Crippen molar-refractivity contribution in [2.75, 3.05) is 38.5 Å². The lowest BCUT2D eigenvalue weighted by Gasteiger charge is -2.31. The first kappa shape index (κ1) is 21.8. The lowest BCUT2D eigenvalue weighted by Crippen LogP contribution is -2.49. The molecule has 2 heterocycles. The van der Waals surface area contributed by atoms with E-state index < -0.39 is 11.7 Å². The van der Waals surface area contributed by atoms with Crippen LogP contribution in [0.1, 0.15) is 38.1 Å². The number of fused-ring (bicyclic) bond motifs is 1. The van der Waals surface area contributed by atoms with E-state index >= 15 is 0 Å². The molecular formula is C22H32N6O2. The van der Waals surface area contributed by atoms with Gasteiger partial charge in [-0.3, -0.25) is 14.6 Å². The Balaban J connectivity index is 1.86. The Labute approximate surface area is 177 Å². The van der Waals surface area contributed by atoms with Gasteiger partial charge in [0.1, 0.15) is 0 Å². The van der Waals surface area contributed by atoms with Crippen LogP contribution in [0.2, 0.25) is 0 Å². The van der Waals surface area contributed by atoms with E-state index in [2.05, 4.69) is 25.5 Å². The molecule has 1 aliphatic rings. The average Bonchev–Trinajstić information content (AvgIpc) is 3.11. The summed E-state index contributed by atoms with van der Waals surface area (Å²) in [7, 11) is 2.02. The zero-order chi connectivity index (χ0) is 21.8. The first-order valence-corrected chi connectivity index (χ1v) is 10.5. The van der Waals surface area contributed by atoms with Crippen LogP contribution >= 0.6 is 0 Å². The number of guanidine groups is 1. The number of aromatic nitrogens is 1. The van der Waals surface area contributed by atoms with Crippen LogP contribution in [0.4, 0.5) is 5.69 Å². The molecule has 0 spiro atoms.